The molecule has 0 aromatic carbocycles. The number of aromatic nitrogens is 1. The topological polar surface area (TPSA) is 24.9 Å². The van der Waals surface area contributed by atoms with Crippen molar-refractivity contribution in [3.63, 3.8) is 0 Å². The zero-order valence-electron chi connectivity index (χ0n) is 9.04. The standard InChI is InChI=1S/C12H18N2S/c1-2-4-10(3-1)12-14-11(8-15-12)5-9-6-13-7-9/h8-10,13H,1-7H2. The molecule has 2 aliphatic rings. The second-order valence-electron chi connectivity index (χ2n) is 4.89. The molecule has 1 aromatic rings. The molecule has 2 fully saturated rings. The fraction of sp³-hybridized carbons (Fsp3) is 0.750. The fourth-order valence-corrected chi connectivity index (χ4v) is 3.57. The largest absolute Gasteiger partial charge is 0.316 e. The average Bonchev–Trinajstić information content (AvgIpc) is 2.82. The second kappa shape index (κ2) is 4.22. The van der Waals surface area contributed by atoms with Crippen molar-refractivity contribution in [3.8, 4) is 0 Å². The molecule has 2 nitrogen and oxygen atoms in total. The molecule has 1 aliphatic carbocycles. The van der Waals surface area contributed by atoms with Crippen LogP contribution < -0.4 is 5.32 Å². The molecule has 1 saturated carbocycles. The highest BCUT2D eigenvalue weighted by molar-refractivity contribution is 7.09. The Morgan fingerprint density at radius 3 is 2.80 bits per heavy atom. The van der Waals surface area contributed by atoms with Gasteiger partial charge in [-0.25, -0.2) is 4.98 Å². The minimum absolute atomic E-state index is 0.795. The maximum atomic E-state index is 4.80. The Bertz CT molecular complexity index is 324. The van der Waals surface area contributed by atoms with Gasteiger partial charge in [0.15, 0.2) is 0 Å². The molecule has 1 saturated heterocycles. The summed E-state index contributed by atoms with van der Waals surface area (Å²) in [6.45, 7) is 2.38. The highest BCUT2D eigenvalue weighted by Gasteiger charge is 2.22. The SMILES string of the molecule is c1sc(C2CCCC2)nc1CC1CNC1. The molecule has 0 radical (unpaired) electrons. The number of rotatable bonds is 3. The van der Waals surface area contributed by atoms with E-state index in [0.717, 1.165) is 11.8 Å². The molecule has 0 unspecified atom stereocenters. The third-order valence-electron chi connectivity index (χ3n) is 3.64. The Hall–Kier alpha value is -0.410. The molecular formula is C12H18N2S. The van der Waals surface area contributed by atoms with Crippen LogP contribution in [0, 0.1) is 5.92 Å². The van der Waals surface area contributed by atoms with Gasteiger partial charge in [0.25, 0.3) is 0 Å². The molecule has 15 heavy (non-hydrogen) atoms. The van der Waals surface area contributed by atoms with E-state index in [1.165, 1.54) is 55.9 Å². The third-order valence-corrected chi connectivity index (χ3v) is 4.69. The van der Waals surface area contributed by atoms with Crippen LogP contribution in [0.4, 0.5) is 0 Å². The Balaban J connectivity index is 1.64. The molecule has 3 heteroatoms. The summed E-state index contributed by atoms with van der Waals surface area (Å²) < 4.78 is 0. The van der Waals surface area contributed by atoms with Gasteiger partial charge in [0, 0.05) is 11.3 Å². The van der Waals surface area contributed by atoms with E-state index in [-0.39, 0.29) is 0 Å². The highest BCUT2D eigenvalue weighted by atomic mass is 32.1. The summed E-state index contributed by atoms with van der Waals surface area (Å²) in [7, 11) is 0. The summed E-state index contributed by atoms with van der Waals surface area (Å²) in [5, 5.41) is 7.01. The normalized spacial score (nSPS) is 23.2. The maximum Gasteiger partial charge on any atom is 0.0959 e. The molecule has 0 amide bonds. The van der Waals surface area contributed by atoms with Gasteiger partial charge in [-0.05, 0) is 38.3 Å². The maximum absolute atomic E-state index is 4.80. The van der Waals surface area contributed by atoms with Gasteiger partial charge in [0.2, 0.25) is 0 Å². The number of thiazole rings is 1. The van der Waals surface area contributed by atoms with E-state index in [0.29, 0.717) is 0 Å². The minimum atomic E-state index is 0.795. The van der Waals surface area contributed by atoms with Crippen molar-refractivity contribution in [2.75, 3.05) is 13.1 Å². The molecule has 2 heterocycles. The molecule has 82 valence electrons. The van der Waals surface area contributed by atoms with Crippen molar-refractivity contribution in [2.45, 2.75) is 38.0 Å². The van der Waals surface area contributed by atoms with Crippen LogP contribution in [0.1, 0.15) is 42.3 Å². The lowest BCUT2D eigenvalue weighted by molar-refractivity contribution is 0.344. The lowest BCUT2D eigenvalue weighted by Crippen LogP contribution is -2.43. The van der Waals surface area contributed by atoms with Crippen LogP contribution in [0.5, 0.6) is 0 Å². The second-order valence-corrected chi connectivity index (χ2v) is 5.78. The van der Waals surface area contributed by atoms with Crippen LogP contribution in [0.15, 0.2) is 5.38 Å². The first-order valence-corrected chi connectivity index (χ1v) is 6.95. The van der Waals surface area contributed by atoms with Crippen molar-refractivity contribution in [1.82, 2.24) is 10.3 Å². The molecule has 1 aromatic heterocycles. The van der Waals surface area contributed by atoms with E-state index in [1.54, 1.807) is 0 Å². The van der Waals surface area contributed by atoms with Gasteiger partial charge in [-0.1, -0.05) is 12.8 Å². The Morgan fingerprint density at radius 1 is 1.33 bits per heavy atom. The van der Waals surface area contributed by atoms with E-state index in [4.69, 9.17) is 4.98 Å². The van der Waals surface area contributed by atoms with Crippen molar-refractivity contribution in [2.24, 2.45) is 5.92 Å². The smallest absolute Gasteiger partial charge is 0.0959 e. The van der Waals surface area contributed by atoms with E-state index < -0.39 is 0 Å². The van der Waals surface area contributed by atoms with Crippen molar-refractivity contribution in [3.05, 3.63) is 16.1 Å². The summed E-state index contributed by atoms with van der Waals surface area (Å²) >= 11 is 1.89. The van der Waals surface area contributed by atoms with Gasteiger partial charge in [0.05, 0.1) is 10.7 Å². The molecule has 1 N–H and O–H groups in total. The summed E-state index contributed by atoms with van der Waals surface area (Å²) in [5.41, 5.74) is 1.34. The van der Waals surface area contributed by atoms with Crippen LogP contribution >= 0.6 is 11.3 Å². The number of hydrogen-bond donors (Lipinski definition) is 1. The predicted octanol–water partition coefficient (Wildman–Crippen LogP) is 2.56. The summed E-state index contributed by atoms with van der Waals surface area (Å²) in [4.78, 5) is 4.80. The first-order chi connectivity index (χ1) is 7.42. The fourth-order valence-electron chi connectivity index (χ4n) is 2.57. The van der Waals surface area contributed by atoms with Crippen LogP contribution in [0.3, 0.4) is 0 Å². The van der Waals surface area contributed by atoms with Crippen molar-refractivity contribution in [1.29, 1.82) is 0 Å². The van der Waals surface area contributed by atoms with Crippen molar-refractivity contribution < 1.29 is 0 Å². The lowest BCUT2D eigenvalue weighted by atomic mass is 9.98. The Labute approximate surface area is 95.1 Å². The molecular weight excluding hydrogens is 204 g/mol. The summed E-state index contributed by atoms with van der Waals surface area (Å²) in [6, 6.07) is 0. The predicted molar refractivity (Wildman–Crippen MR) is 63.4 cm³/mol. The monoisotopic (exact) mass is 222 g/mol. The highest BCUT2D eigenvalue weighted by Crippen LogP contribution is 2.35. The molecule has 0 spiro atoms. The first-order valence-electron chi connectivity index (χ1n) is 6.07. The van der Waals surface area contributed by atoms with E-state index in [2.05, 4.69) is 10.7 Å². The number of nitrogens with one attached hydrogen (secondary N) is 1. The quantitative estimate of drug-likeness (QED) is 0.850. The van der Waals surface area contributed by atoms with Gasteiger partial charge >= 0.3 is 0 Å². The molecule has 0 bridgehead atoms. The Morgan fingerprint density at radius 2 is 2.13 bits per heavy atom. The van der Waals surface area contributed by atoms with E-state index in [9.17, 15) is 0 Å². The van der Waals surface area contributed by atoms with Crippen LogP contribution in [-0.4, -0.2) is 18.1 Å². The lowest BCUT2D eigenvalue weighted by Gasteiger charge is -2.26. The molecule has 1 aliphatic heterocycles. The average molecular weight is 222 g/mol. The third kappa shape index (κ3) is 2.08. The van der Waals surface area contributed by atoms with Gasteiger partial charge in [-0.15, -0.1) is 11.3 Å². The van der Waals surface area contributed by atoms with Gasteiger partial charge in [-0.2, -0.15) is 0 Å². The van der Waals surface area contributed by atoms with Gasteiger partial charge < -0.3 is 5.32 Å². The zero-order valence-corrected chi connectivity index (χ0v) is 9.85. The zero-order chi connectivity index (χ0) is 10.1. The summed E-state index contributed by atoms with van der Waals surface area (Å²) in [6.07, 6.45) is 6.75. The van der Waals surface area contributed by atoms with Crippen LogP contribution in [0.2, 0.25) is 0 Å². The van der Waals surface area contributed by atoms with Gasteiger partial charge in [0.1, 0.15) is 0 Å². The molecule has 0 atom stereocenters. The van der Waals surface area contributed by atoms with Crippen LogP contribution in [-0.2, 0) is 6.42 Å². The number of nitrogens with zero attached hydrogens (tertiary/aromatic N) is 1. The first kappa shape index (κ1) is 9.79. The van der Waals surface area contributed by atoms with Gasteiger partial charge in [-0.3, -0.25) is 0 Å². The Kier molecular flexibility index (Phi) is 2.76. The minimum Gasteiger partial charge on any atom is -0.316 e. The van der Waals surface area contributed by atoms with E-state index in [1.807, 2.05) is 11.3 Å². The van der Waals surface area contributed by atoms with Crippen LogP contribution in [0.25, 0.3) is 0 Å². The summed E-state index contributed by atoms with van der Waals surface area (Å²) in [5.74, 6) is 1.65. The number of hydrogen-bond acceptors (Lipinski definition) is 3. The van der Waals surface area contributed by atoms with E-state index >= 15 is 0 Å². The van der Waals surface area contributed by atoms with Crippen molar-refractivity contribution >= 4 is 11.3 Å². The molecule has 3 rings (SSSR count).